The number of alkyl halides is 1. The highest BCUT2D eigenvalue weighted by Crippen LogP contribution is 1.97. The molecule has 1 atom stereocenters. The van der Waals surface area contributed by atoms with Gasteiger partial charge in [0.2, 0.25) is 10.0 Å². The summed E-state index contributed by atoms with van der Waals surface area (Å²) in [5.41, 5.74) is 0. The maximum atomic E-state index is 11.3. The van der Waals surface area contributed by atoms with Crippen molar-refractivity contribution >= 4 is 21.6 Å². The molecule has 0 spiro atoms. The lowest BCUT2D eigenvalue weighted by molar-refractivity contribution is 0.561. The first kappa shape index (κ1) is 12.9. The molecule has 0 aromatic rings. The fraction of sp³-hybridized carbons (Fsp3) is 0.750. The van der Waals surface area contributed by atoms with Crippen LogP contribution in [0.25, 0.3) is 0 Å². The van der Waals surface area contributed by atoms with E-state index in [1.54, 1.807) is 13.0 Å². The molecule has 0 saturated heterocycles. The second-order valence-electron chi connectivity index (χ2n) is 2.90. The standard InChI is InChI=1S/C8H16ClNO2S/c1-3-5-8(2)10-13(11,12)7-4-6-9/h3,8,10H,1,4-7H2,2H3. The van der Waals surface area contributed by atoms with E-state index >= 15 is 0 Å². The second-order valence-corrected chi connectivity index (χ2v) is 5.16. The van der Waals surface area contributed by atoms with Gasteiger partial charge in [-0.05, 0) is 19.8 Å². The van der Waals surface area contributed by atoms with Gasteiger partial charge in [-0.15, -0.1) is 18.2 Å². The van der Waals surface area contributed by atoms with Crippen molar-refractivity contribution < 1.29 is 8.42 Å². The molecular weight excluding hydrogens is 210 g/mol. The van der Waals surface area contributed by atoms with Gasteiger partial charge in [-0.3, -0.25) is 0 Å². The van der Waals surface area contributed by atoms with Crippen LogP contribution in [0.15, 0.2) is 12.7 Å². The Bertz CT molecular complexity index is 239. The molecule has 13 heavy (non-hydrogen) atoms. The van der Waals surface area contributed by atoms with Crippen LogP contribution in [0, 0.1) is 0 Å². The largest absolute Gasteiger partial charge is 0.212 e. The molecule has 5 heteroatoms. The Morgan fingerprint density at radius 2 is 2.23 bits per heavy atom. The van der Waals surface area contributed by atoms with E-state index in [0.717, 1.165) is 0 Å². The Balaban J connectivity index is 3.94. The summed E-state index contributed by atoms with van der Waals surface area (Å²) in [6, 6.07) is -0.0853. The molecule has 0 aromatic carbocycles. The van der Waals surface area contributed by atoms with Gasteiger partial charge in [0.05, 0.1) is 5.75 Å². The minimum atomic E-state index is -3.15. The Morgan fingerprint density at radius 3 is 2.69 bits per heavy atom. The predicted octanol–water partition coefficient (Wildman–Crippen LogP) is 1.50. The molecule has 0 aromatic heterocycles. The van der Waals surface area contributed by atoms with Crippen LogP contribution in [0.4, 0.5) is 0 Å². The van der Waals surface area contributed by atoms with Crippen molar-refractivity contribution in [2.75, 3.05) is 11.6 Å². The third-order valence-corrected chi connectivity index (χ3v) is 3.30. The normalized spacial score (nSPS) is 14.0. The molecule has 0 aliphatic rings. The first-order valence-electron chi connectivity index (χ1n) is 4.18. The minimum Gasteiger partial charge on any atom is -0.212 e. The van der Waals surface area contributed by atoms with Crippen LogP contribution in [0.3, 0.4) is 0 Å². The van der Waals surface area contributed by atoms with Gasteiger partial charge in [0.15, 0.2) is 0 Å². The van der Waals surface area contributed by atoms with Crippen molar-refractivity contribution in [2.45, 2.75) is 25.8 Å². The van der Waals surface area contributed by atoms with Crippen LogP contribution >= 0.6 is 11.6 Å². The number of rotatable bonds is 7. The summed E-state index contributed by atoms with van der Waals surface area (Å²) in [6.07, 6.45) is 2.81. The van der Waals surface area contributed by atoms with E-state index in [9.17, 15) is 8.42 Å². The van der Waals surface area contributed by atoms with E-state index in [2.05, 4.69) is 11.3 Å². The SMILES string of the molecule is C=CCC(C)NS(=O)(=O)CCCCl. The first-order valence-corrected chi connectivity index (χ1v) is 6.37. The van der Waals surface area contributed by atoms with Crippen molar-refractivity contribution in [3.05, 3.63) is 12.7 Å². The minimum absolute atomic E-state index is 0.0853. The summed E-state index contributed by atoms with van der Waals surface area (Å²) < 4.78 is 25.1. The van der Waals surface area contributed by atoms with Crippen molar-refractivity contribution in [1.29, 1.82) is 0 Å². The van der Waals surface area contributed by atoms with Crippen molar-refractivity contribution in [3.8, 4) is 0 Å². The molecule has 0 fully saturated rings. The number of nitrogens with one attached hydrogen (secondary N) is 1. The lowest BCUT2D eigenvalue weighted by atomic mass is 10.3. The van der Waals surface area contributed by atoms with Crippen LogP contribution in [0.1, 0.15) is 19.8 Å². The second kappa shape index (κ2) is 6.40. The molecule has 0 rings (SSSR count). The zero-order valence-electron chi connectivity index (χ0n) is 7.79. The van der Waals surface area contributed by atoms with E-state index in [1.807, 2.05) is 0 Å². The molecule has 3 nitrogen and oxygen atoms in total. The van der Waals surface area contributed by atoms with Crippen molar-refractivity contribution in [3.63, 3.8) is 0 Å². The van der Waals surface area contributed by atoms with Crippen LogP contribution in [-0.4, -0.2) is 26.1 Å². The highest BCUT2D eigenvalue weighted by Gasteiger charge is 2.12. The topological polar surface area (TPSA) is 46.2 Å². The quantitative estimate of drug-likeness (QED) is 0.527. The van der Waals surface area contributed by atoms with Gasteiger partial charge in [-0.2, -0.15) is 0 Å². The van der Waals surface area contributed by atoms with Crippen molar-refractivity contribution in [2.24, 2.45) is 0 Å². The van der Waals surface area contributed by atoms with Gasteiger partial charge in [0.1, 0.15) is 0 Å². The van der Waals surface area contributed by atoms with E-state index in [1.165, 1.54) is 0 Å². The molecule has 1 unspecified atom stereocenters. The maximum Gasteiger partial charge on any atom is 0.211 e. The van der Waals surface area contributed by atoms with Gasteiger partial charge < -0.3 is 0 Å². The fourth-order valence-electron chi connectivity index (χ4n) is 0.908. The van der Waals surface area contributed by atoms with Gasteiger partial charge in [0, 0.05) is 11.9 Å². The molecule has 0 aliphatic heterocycles. The third-order valence-electron chi connectivity index (χ3n) is 1.45. The van der Waals surface area contributed by atoms with Crippen LogP contribution < -0.4 is 4.72 Å². The fourth-order valence-corrected chi connectivity index (χ4v) is 2.55. The van der Waals surface area contributed by atoms with Gasteiger partial charge in [0.25, 0.3) is 0 Å². The summed E-state index contributed by atoms with van der Waals surface area (Å²) in [6.45, 7) is 5.34. The maximum absolute atomic E-state index is 11.3. The Morgan fingerprint density at radius 1 is 1.62 bits per heavy atom. The molecule has 78 valence electrons. The van der Waals surface area contributed by atoms with E-state index < -0.39 is 10.0 Å². The summed E-state index contributed by atoms with van der Waals surface area (Å²) >= 11 is 5.40. The predicted molar refractivity (Wildman–Crippen MR) is 56.5 cm³/mol. The van der Waals surface area contributed by atoms with Gasteiger partial charge >= 0.3 is 0 Å². The molecule has 0 aliphatic carbocycles. The third kappa shape index (κ3) is 7.05. The van der Waals surface area contributed by atoms with Crippen LogP contribution in [-0.2, 0) is 10.0 Å². The van der Waals surface area contributed by atoms with Gasteiger partial charge in [-0.25, -0.2) is 13.1 Å². The van der Waals surface area contributed by atoms with Crippen LogP contribution in [0.5, 0.6) is 0 Å². The number of hydrogen-bond donors (Lipinski definition) is 1. The molecule has 1 N–H and O–H groups in total. The monoisotopic (exact) mass is 225 g/mol. The zero-order valence-corrected chi connectivity index (χ0v) is 9.37. The van der Waals surface area contributed by atoms with E-state index in [-0.39, 0.29) is 11.8 Å². The highest BCUT2D eigenvalue weighted by atomic mass is 35.5. The van der Waals surface area contributed by atoms with Crippen molar-refractivity contribution in [1.82, 2.24) is 4.72 Å². The summed E-state index contributed by atoms with van der Waals surface area (Å²) in [4.78, 5) is 0. The zero-order chi connectivity index (χ0) is 10.3. The Kier molecular flexibility index (Phi) is 6.37. The molecule has 0 amide bonds. The molecule has 0 bridgehead atoms. The first-order chi connectivity index (χ1) is 6.02. The summed E-state index contributed by atoms with van der Waals surface area (Å²) in [5, 5.41) is 0. The van der Waals surface area contributed by atoms with Crippen LogP contribution in [0.2, 0.25) is 0 Å². The lowest BCUT2D eigenvalue weighted by Crippen LogP contribution is -2.34. The lowest BCUT2D eigenvalue weighted by Gasteiger charge is -2.11. The summed E-state index contributed by atoms with van der Waals surface area (Å²) in [7, 11) is -3.15. The molecule has 0 saturated carbocycles. The number of halogens is 1. The average molecular weight is 226 g/mol. The summed E-state index contributed by atoms with van der Waals surface area (Å²) in [5.74, 6) is 0.467. The molecular formula is C8H16ClNO2S. The Hall–Kier alpha value is -0.0600. The highest BCUT2D eigenvalue weighted by molar-refractivity contribution is 7.89. The molecule has 0 radical (unpaired) electrons. The number of sulfonamides is 1. The number of hydrogen-bond acceptors (Lipinski definition) is 2. The van der Waals surface area contributed by atoms with Gasteiger partial charge in [-0.1, -0.05) is 6.08 Å². The molecule has 0 heterocycles. The average Bonchev–Trinajstić information content (AvgIpc) is 2.00. The van der Waals surface area contributed by atoms with E-state index in [0.29, 0.717) is 18.7 Å². The smallest absolute Gasteiger partial charge is 0.211 e. The van der Waals surface area contributed by atoms with E-state index in [4.69, 9.17) is 11.6 Å². The Labute approximate surface area is 85.2 Å².